The van der Waals surface area contributed by atoms with Crippen LogP contribution in [0.15, 0.2) is 36.5 Å². The number of hydrogen-bond donors (Lipinski definition) is 2. The van der Waals surface area contributed by atoms with E-state index in [-0.39, 0.29) is 30.6 Å². The molecule has 0 saturated heterocycles. The fraction of sp³-hybridized carbons (Fsp3) is 0.368. The molecule has 1 aliphatic carbocycles. The van der Waals surface area contributed by atoms with Crippen LogP contribution in [-0.2, 0) is 26.8 Å². The number of aliphatic hydroxyl groups excluding tert-OH is 1. The average molecular weight is 461 g/mol. The van der Waals surface area contributed by atoms with Gasteiger partial charge in [0.15, 0.2) is 9.84 Å². The molecule has 10 heteroatoms. The highest BCUT2D eigenvalue weighted by atomic mass is 35.5. The Hall–Kier alpha value is -1.74. The molecule has 1 aliphatic rings. The molecule has 2 N–H and O–H groups in total. The van der Waals surface area contributed by atoms with Gasteiger partial charge in [0.1, 0.15) is 5.25 Å². The van der Waals surface area contributed by atoms with Crippen molar-refractivity contribution in [1.82, 2.24) is 10.3 Å². The van der Waals surface area contributed by atoms with Crippen LogP contribution in [0.3, 0.4) is 0 Å². The first kappa shape index (κ1) is 22.0. The molecule has 1 aromatic heterocycles. The lowest BCUT2D eigenvalue weighted by Gasteiger charge is -2.34. The van der Waals surface area contributed by atoms with Crippen molar-refractivity contribution in [3.63, 3.8) is 0 Å². The highest BCUT2D eigenvalue weighted by Crippen LogP contribution is 2.45. The predicted molar refractivity (Wildman–Crippen MR) is 108 cm³/mol. The Kier molecular flexibility index (Phi) is 6.48. The normalized spacial score (nSPS) is 21.4. The van der Waals surface area contributed by atoms with Gasteiger partial charge in [-0.15, -0.1) is 0 Å². The molecule has 1 aromatic carbocycles. The van der Waals surface area contributed by atoms with Crippen LogP contribution in [0, 0.1) is 0 Å². The van der Waals surface area contributed by atoms with Crippen molar-refractivity contribution >= 4 is 38.9 Å². The van der Waals surface area contributed by atoms with Gasteiger partial charge in [0, 0.05) is 28.4 Å². The van der Waals surface area contributed by atoms with Crippen molar-refractivity contribution in [2.45, 2.75) is 30.3 Å². The number of pyridine rings is 1. The number of rotatable bonds is 6. The van der Waals surface area contributed by atoms with Crippen LogP contribution >= 0.6 is 23.2 Å². The number of nitrogens with one attached hydrogen (secondary N) is 1. The number of benzene rings is 1. The molecule has 2 unspecified atom stereocenters. The number of sulfone groups is 1. The third-order valence-electron chi connectivity index (χ3n) is 4.95. The molecule has 0 aliphatic heterocycles. The summed E-state index contributed by atoms with van der Waals surface area (Å²) in [6.45, 7) is -0.549. The molecule has 2 aromatic rings. The molecule has 29 heavy (non-hydrogen) atoms. The molecule has 6 nitrogen and oxygen atoms in total. The maximum atomic E-state index is 15.8. The average Bonchev–Trinajstić information content (AvgIpc) is 2.67. The zero-order valence-electron chi connectivity index (χ0n) is 15.2. The van der Waals surface area contributed by atoms with E-state index >= 15 is 4.39 Å². The maximum Gasteiger partial charge on any atom is 0.262 e. The first-order valence-corrected chi connectivity index (χ1v) is 11.3. The summed E-state index contributed by atoms with van der Waals surface area (Å²) in [7, 11) is -3.73. The van der Waals surface area contributed by atoms with E-state index in [2.05, 4.69) is 10.3 Å². The van der Waals surface area contributed by atoms with Crippen LogP contribution in [0.5, 0.6) is 0 Å². The molecule has 0 fully saturated rings. The van der Waals surface area contributed by atoms with Gasteiger partial charge < -0.3 is 10.4 Å². The second-order valence-electron chi connectivity index (χ2n) is 6.77. The smallest absolute Gasteiger partial charge is 0.262 e. The third kappa shape index (κ3) is 4.40. The minimum absolute atomic E-state index is 0.00868. The first-order chi connectivity index (χ1) is 13.7. The lowest BCUT2D eigenvalue weighted by molar-refractivity contribution is -0.134. The molecule has 0 radical (unpaired) electrons. The van der Waals surface area contributed by atoms with Crippen LogP contribution in [0.25, 0.3) is 0 Å². The number of nitrogens with zero attached hydrogens (tertiary/aromatic N) is 1. The standard InChI is InChI=1S/C19H19Cl2FN2O4S/c20-13-4-3-12(15(21)10-13)11-24-18(26)19(22)6-5-16(29(27,28)9-8-25)17-14(19)2-1-7-23-17/h1-4,7,10,16,25H,5-6,8-9,11H2,(H,24,26). The lowest BCUT2D eigenvalue weighted by atomic mass is 9.82. The van der Waals surface area contributed by atoms with Gasteiger partial charge in [0.25, 0.3) is 5.91 Å². The van der Waals surface area contributed by atoms with E-state index < -0.39 is 39.0 Å². The van der Waals surface area contributed by atoms with Gasteiger partial charge in [-0.2, -0.15) is 0 Å². The van der Waals surface area contributed by atoms with Crippen molar-refractivity contribution in [2.75, 3.05) is 12.4 Å². The van der Waals surface area contributed by atoms with E-state index in [1.54, 1.807) is 12.1 Å². The summed E-state index contributed by atoms with van der Waals surface area (Å²) in [5, 5.41) is 11.3. The molecule has 3 rings (SSSR count). The summed E-state index contributed by atoms with van der Waals surface area (Å²) in [4.78, 5) is 16.8. The van der Waals surface area contributed by atoms with Crippen LogP contribution in [0.4, 0.5) is 4.39 Å². The quantitative estimate of drug-likeness (QED) is 0.689. The number of fused-ring (bicyclic) bond motifs is 1. The van der Waals surface area contributed by atoms with Gasteiger partial charge in [-0.1, -0.05) is 35.3 Å². The molecule has 0 bridgehead atoms. The van der Waals surface area contributed by atoms with Gasteiger partial charge >= 0.3 is 0 Å². The van der Waals surface area contributed by atoms with E-state index in [0.29, 0.717) is 15.6 Å². The van der Waals surface area contributed by atoms with E-state index in [4.69, 9.17) is 28.3 Å². The maximum absolute atomic E-state index is 15.8. The zero-order chi connectivity index (χ0) is 21.2. The summed E-state index contributed by atoms with van der Waals surface area (Å²) in [5.41, 5.74) is -1.92. The highest BCUT2D eigenvalue weighted by Gasteiger charge is 2.49. The number of alkyl halides is 1. The Morgan fingerprint density at radius 3 is 2.79 bits per heavy atom. The Labute approximate surface area is 178 Å². The third-order valence-corrected chi connectivity index (χ3v) is 7.61. The van der Waals surface area contributed by atoms with Crippen LogP contribution < -0.4 is 5.32 Å². The number of hydrogen-bond acceptors (Lipinski definition) is 5. The van der Waals surface area contributed by atoms with Gasteiger partial charge in [-0.05, 0) is 36.6 Å². The predicted octanol–water partition coefficient (Wildman–Crippen LogP) is 3.11. The van der Waals surface area contributed by atoms with E-state index in [9.17, 15) is 13.2 Å². The Morgan fingerprint density at radius 1 is 1.34 bits per heavy atom. The summed E-state index contributed by atoms with van der Waals surface area (Å²) >= 11 is 11.9. The Bertz CT molecular complexity index is 1030. The number of carbonyl (C=O) groups is 1. The minimum Gasteiger partial charge on any atom is -0.395 e. The van der Waals surface area contributed by atoms with Gasteiger partial charge in [0.05, 0.1) is 18.1 Å². The number of carbonyl (C=O) groups excluding carboxylic acids is 1. The Balaban J connectivity index is 1.87. The molecular weight excluding hydrogens is 442 g/mol. The van der Waals surface area contributed by atoms with Gasteiger partial charge in [0.2, 0.25) is 5.67 Å². The van der Waals surface area contributed by atoms with Gasteiger partial charge in [-0.25, -0.2) is 12.8 Å². The minimum atomic E-state index is -3.73. The monoisotopic (exact) mass is 460 g/mol. The van der Waals surface area contributed by atoms with Crippen molar-refractivity contribution in [3.8, 4) is 0 Å². The first-order valence-electron chi connectivity index (χ1n) is 8.88. The fourth-order valence-corrected chi connectivity index (χ4v) is 5.47. The van der Waals surface area contributed by atoms with E-state index in [1.165, 1.54) is 24.4 Å². The van der Waals surface area contributed by atoms with E-state index in [0.717, 1.165) is 0 Å². The zero-order valence-corrected chi connectivity index (χ0v) is 17.6. The Morgan fingerprint density at radius 2 is 2.10 bits per heavy atom. The molecule has 2 atom stereocenters. The number of amides is 1. The number of halogens is 3. The summed E-state index contributed by atoms with van der Waals surface area (Å²) in [6.07, 6.45) is 0.927. The second kappa shape index (κ2) is 8.55. The van der Waals surface area contributed by atoms with Gasteiger partial charge in [-0.3, -0.25) is 9.78 Å². The summed E-state index contributed by atoms with van der Waals surface area (Å²) < 4.78 is 40.7. The molecular formula is C19H19Cl2FN2O4S. The molecule has 156 valence electrons. The molecule has 0 spiro atoms. The van der Waals surface area contributed by atoms with Crippen LogP contribution in [0.1, 0.15) is 34.9 Å². The summed E-state index contributed by atoms with van der Waals surface area (Å²) in [5.74, 6) is -1.34. The van der Waals surface area contributed by atoms with Crippen molar-refractivity contribution in [2.24, 2.45) is 0 Å². The molecule has 0 saturated carbocycles. The van der Waals surface area contributed by atoms with Crippen LogP contribution in [0.2, 0.25) is 10.0 Å². The lowest BCUT2D eigenvalue weighted by Crippen LogP contribution is -2.45. The molecule has 1 amide bonds. The fourth-order valence-electron chi connectivity index (χ4n) is 3.45. The molecule has 1 heterocycles. The SMILES string of the molecule is O=C(NCc1ccc(Cl)cc1Cl)C1(F)CCC(S(=O)(=O)CCO)c2ncccc21. The number of aliphatic hydroxyl groups is 1. The van der Waals surface area contributed by atoms with Crippen molar-refractivity contribution in [1.29, 1.82) is 0 Å². The van der Waals surface area contributed by atoms with Crippen molar-refractivity contribution < 1.29 is 22.7 Å². The topological polar surface area (TPSA) is 96.4 Å². The largest absolute Gasteiger partial charge is 0.395 e. The highest BCUT2D eigenvalue weighted by molar-refractivity contribution is 7.91. The van der Waals surface area contributed by atoms with E-state index in [1.807, 2.05) is 0 Å². The van der Waals surface area contributed by atoms with Crippen LogP contribution in [-0.4, -0.2) is 36.8 Å². The van der Waals surface area contributed by atoms with Crippen molar-refractivity contribution in [3.05, 3.63) is 63.4 Å². The number of aromatic nitrogens is 1. The second-order valence-corrected chi connectivity index (χ2v) is 9.92. The summed E-state index contributed by atoms with van der Waals surface area (Å²) in [6, 6.07) is 7.59.